The summed E-state index contributed by atoms with van der Waals surface area (Å²) >= 11 is 1.65. The molecule has 0 spiro atoms. The average Bonchev–Trinajstić information content (AvgIpc) is 2.90. The van der Waals surface area contributed by atoms with E-state index in [1.165, 1.54) is 0 Å². The molecule has 0 saturated carbocycles. The fourth-order valence-electron chi connectivity index (χ4n) is 2.10. The number of aryl methyl sites for hydroxylation is 1. The zero-order valence-corrected chi connectivity index (χ0v) is 13.3. The summed E-state index contributed by atoms with van der Waals surface area (Å²) in [6.07, 6.45) is 5.54. The minimum absolute atomic E-state index is 0.683. The van der Waals surface area contributed by atoms with Gasteiger partial charge in [-0.2, -0.15) is 0 Å². The van der Waals surface area contributed by atoms with E-state index in [0.29, 0.717) is 11.5 Å². The molecule has 0 bridgehead atoms. The third kappa shape index (κ3) is 3.20. The number of nitrogens with zero attached hydrogens (tertiary/aromatic N) is 3. The summed E-state index contributed by atoms with van der Waals surface area (Å²) in [4.78, 5) is 14.3. The van der Waals surface area contributed by atoms with Crippen LogP contribution in [0.3, 0.4) is 0 Å². The van der Waals surface area contributed by atoms with E-state index in [0.717, 1.165) is 26.4 Å². The Morgan fingerprint density at radius 3 is 2.91 bits per heavy atom. The van der Waals surface area contributed by atoms with E-state index in [1.807, 2.05) is 50.4 Å². The maximum Gasteiger partial charge on any atom is 0.152 e. The van der Waals surface area contributed by atoms with Crippen molar-refractivity contribution in [1.29, 1.82) is 0 Å². The third-order valence-corrected chi connectivity index (χ3v) is 4.16. The van der Waals surface area contributed by atoms with Crippen LogP contribution >= 0.6 is 11.3 Å². The summed E-state index contributed by atoms with van der Waals surface area (Å²) in [5, 5.41) is 1.16. The van der Waals surface area contributed by atoms with E-state index >= 15 is 0 Å². The number of rotatable bonds is 3. The molecule has 0 aromatic carbocycles. The van der Waals surface area contributed by atoms with Crippen molar-refractivity contribution >= 4 is 33.0 Å². The van der Waals surface area contributed by atoms with E-state index in [2.05, 4.69) is 21.0 Å². The topological polar surface area (TPSA) is 64.2 Å². The Labute approximate surface area is 133 Å². The van der Waals surface area contributed by atoms with E-state index in [-0.39, 0.29) is 0 Å². The molecule has 0 aliphatic heterocycles. The number of aliphatic imine (C=N–C) groups is 1. The van der Waals surface area contributed by atoms with Crippen LogP contribution in [0.1, 0.15) is 17.5 Å². The van der Waals surface area contributed by atoms with Crippen molar-refractivity contribution in [3.63, 3.8) is 0 Å². The maximum absolute atomic E-state index is 5.86. The zero-order chi connectivity index (χ0) is 15.5. The molecule has 2 N–H and O–H groups in total. The number of allylic oxidation sites excluding steroid dienone is 2. The summed E-state index contributed by atoms with van der Waals surface area (Å²) in [5.74, 6) is 0.683. The first-order chi connectivity index (χ1) is 10.6. The van der Waals surface area contributed by atoms with Gasteiger partial charge in [-0.05, 0) is 49.6 Å². The second kappa shape index (κ2) is 6.07. The van der Waals surface area contributed by atoms with Gasteiger partial charge in [-0.15, -0.1) is 11.3 Å². The van der Waals surface area contributed by atoms with Gasteiger partial charge in [0, 0.05) is 23.8 Å². The minimum Gasteiger partial charge on any atom is -0.402 e. The van der Waals surface area contributed by atoms with Crippen LogP contribution in [0.2, 0.25) is 0 Å². The predicted molar refractivity (Wildman–Crippen MR) is 92.7 cm³/mol. The number of hydrogen-bond donors (Lipinski definition) is 1. The van der Waals surface area contributed by atoms with Crippen LogP contribution in [0.4, 0.5) is 5.82 Å². The molecule has 3 heterocycles. The molecule has 3 aromatic heterocycles. The van der Waals surface area contributed by atoms with E-state index in [4.69, 9.17) is 5.73 Å². The predicted octanol–water partition coefficient (Wildman–Crippen LogP) is 3.98. The Hall–Kier alpha value is -2.53. The van der Waals surface area contributed by atoms with Crippen LogP contribution in [-0.4, -0.2) is 15.7 Å². The largest absolute Gasteiger partial charge is 0.402 e. The molecule has 0 atom stereocenters. The second-order valence-corrected chi connectivity index (χ2v) is 6.13. The fraction of sp³-hybridized carbons (Fsp3) is 0.118. The summed E-state index contributed by atoms with van der Waals surface area (Å²) in [7, 11) is 0. The number of pyridine rings is 2. The minimum atomic E-state index is 0.683. The second-order valence-electron chi connectivity index (χ2n) is 5.05. The molecular weight excluding hydrogens is 292 g/mol. The fourth-order valence-corrected chi connectivity index (χ4v) is 3.09. The van der Waals surface area contributed by atoms with Crippen LogP contribution in [0, 0.1) is 6.92 Å². The number of hydrogen-bond acceptors (Lipinski definition) is 5. The van der Waals surface area contributed by atoms with Crippen molar-refractivity contribution in [2.45, 2.75) is 13.8 Å². The molecule has 110 valence electrons. The van der Waals surface area contributed by atoms with Crippen molar-refractivity contribution in [2.24, 2.45) is 10.7 Å². The highest BCUT2D eigenvalue weighted by Gasteiger charge is 2.08. The Bertz CT molecular complexity index is 840. The molecule has 0 aliphatic carbocycles. The number of thiophene rings is 1. The molecule has 0 aliphatic rings. The zero-order valence-electron chi connectivity index (χ0n) is 12.4. The van der Waals surface area contributed by atoms with Gasteiger partial charge in [0.05, 0.1) is 15.3 Å². The van der Waals surface area contributed by atoms with Gasteiger partial charge in [0.15, 0.2) is 5.82 Å². The highest BCUT2D eigenvalue weighted by molar-refractivity contribution is 7.21. The van der Waals surface area contributed by atoms with Gasteiger partial charge in [-0.1, -0.05) is 6.07 Å². The molecule has 0 amide bonds. The summed E-state index contributed by atoms with van der Waals surface area (Å²) in [6.45, 7) is 3.81. The average molecular weight is 308 g/mol. The van der Waals surface area contributed by atoms with Crippen molar-refractivity contribution in [1.82, 2.24) is 9.97 Å². The van der Waals surface area contributed by atoms with Gasteiger partial charge in [-0.25, -0.2) is 9.98 Å². The van der Waals surface area contributed by atoms with Crippen molar-refractivity contribution in [3.8, 4) is 0 Å². The molecule has 3 aromatic rings. The van der Waals surface area contributed by atoms with Crippen LogP contribution in [0.25, 0.3) is 10.1 Å². The van der Waals surface area contributed by atoms with Crippen molar-refractivity contribution in [2.75, 3.05) is 0 Å². The van der Waals surface area contributed by atoms with Gasteiger partial charge >= 0.3 is 0 Å². The van der Waals surface area contributed by atoms with Crippen molar-refractivity contribution < 1.29 is 0 Å². The van der Waals surface area contributed by atoms with Crippen LogP contribution in [-0.2, 0) is 0 Å². The van der Waals surface area contributed by atoms with Crippen molar-refractivity contribution in [3.05, 3.63) is 65.1 Å². The van der Waals surface area contributed by atoms with Gasteiger partial charge in [0.2, 0.25) is 0 Å². The first-order valence-electron chi connectivity index (χ1n) is 6.92. The normalized spacial score (nSPS) is 12.8. The Balaban J connectivity index is 2.12. The maximum atomic E-state index is 5.86. The summed E-state index contributed by atoms with van der Waals surface area (Å²) < 4.78 is 1.13. The van der Waals surface area contributed by atoms with E-state index < -0.39 is 0 Å². The molecule has 3 rings (SSSR count). The quantitative estimate of drug-likeness (QED) is 0.744. The molecule has 0 saturated heterocycles. The first kappa shape index (κ1) is 14.4. The molecule has 22 heavy (non-hydrogen) atoms. The lowest BCUT2D eigenvalue weighted by Gasteiger charge is -2.01. The SMILES string of the molecule is C/C(N)=C/C(=N/c1cccc(C)n1)c1cc2ccncc2s1. The molecule has 4 nitrogen and oxygen atoms in total. The molecule has 0 fully saturated rings. The smallest absolute Gasteiger partial charge is 0.152 e. The third-order valence-electron chi connectivity index (χ3n) is 3.05. The molecule has 0 unspecified atom stereocenters. The van der Waals surface area contributed by atoms with Gasteiger partial charge < -0.3 is 5.73 Å². The number of nitrogens with two attached hydrogens (primary N) is 1. The van der Waals surface area contributed by atoms with Gasteiger partial charge in [0.25, 0.3) is 0 Å². The highest BCUT2D eigenvalue weighted by atomic mass is 32.1. The molecule has 5 heteroatoms. The van der Waals surface area contributed by atoms with E-state index in [1.54, 1.807) is 17.5 Å². The standard InChI is InChI=1S/C17H16N4S/c1-11(18)8-14(21-17-5-3-4-12(2)20-17)15-9-13-6-7-19-10-16(13)22-15/h3-10H,18H2,1-2H3/b11-8-,21-14-. The summed E-state index contributed by atoms with van der Waals surface area (Å²) in [6, 6.07) is 9.90. The number of fused-ring (bicyclic) bond motifs is 1. The highest BCUT2D eigenvalue weighted by Crippen LogP contribution is 2.26. The lowest BCUT2D eigenvalue weighted by atomic mass is 10.2. The summed E-state index contributed by atoms with van der Waals surface area (Å²) in [5.41, 5.74) is 8.33. The van der Waals surface area contributed by atoms with E-state index in [9.17, 15) is 0 Å². The lowest BCUT2D eigenvalue weighted by Crippen LogP contribution is -2.00. The Morgan fingerprint density at radius 2 is 2.18 bits per heavy atom. The monoisotopic (exact) mass is 308 g/mol. The van der Waals surface area contributed by atoms with Crippen LogP contribution in [0.5, 0.6) is 0 Å². The van der Waals surface area contributed by atoms with Crippen LogP contribution in [0.15, 0.2) is 59.5 Å². The number of aromatic nitrogens is 2. The lowest BCUT2D eigenvalue weighted by molar-refractivity contribution is 1.18. The Kier molecular flexibility index (Phi) is 3.98. The van der Waals surface area contributed by atoms with Crippen LogP contribution < -0.4 is 5.73 Å². The van der Waals surface area contributed by atoms with Gasteiger partial charge in [-0.3, -0.25) is 4.98 Å². The molecular formula is C17H16N4S. The van der Waals surface area contributed by atoms with Gasteiger partial charge in [0.1, 0.15) is 0 Å². The first-order valence-corrected chi connectivity index (χ1v) is 7.73. The Morgan fingerprint density at radius 1 is 1.32 bits per heavy atom. The molecule has 0 radical (unpaired) electrons.